The standard InChI is InChI=1S/C16H19BrN2O3/c17-15-10-14(22-18-15)13-6-8-19(9-7-13)16(20)21-11-12-4-2-1-3-5-12/h1-5,13-14H,6-11H2/t14-/m0/s1. The average Bonchev–Trinajstić information content (AvgIpc) is 3.00. The third kappa shape index (κ3) is 3.80. The number of carbonyl (C=O) groups is 1. The van der Waals surface area contributed by atoms with Crippen LogP contribution < -0.4 is 0 Å². The minimum atomic E-state index is -0.230. The van der Waals surface area contributed by atoms with Crippen molar-refractivity contribution in [3.05, 3.63) is 35.9 Å². The van der Waals surface area contributed by atoms with Gasteiger partial charge in [-0.25, -0.2) is 4.79 Å². The van der Waals surface area contributed by atoms with Crippen molar-refractivity contribution >= 4 is 26.6 Å². The summed E-state index contributed by atoms with van der Waals surface area (Å²) in [4.78, 5) is 19.3. The average molecular weight is 367 g/mol. The number of rotatable bonds is 3. The monoisotopic (exact) mass is 366 g/mol. The van der Waals surface area contributed by atoms with Gasteiger partial charge in [-0.3, -0.25) is 0 Å². The first-order valence-corrected chi connectivity index (χ1v) is 8.35. The topological polar surface area (TPSA) is 51.1 Å². The van der Waals surface area contributed by atoms with Crippen LogP contribution in [0.3, 0.4) is 0 Å². The Balaban J connectivity index is 1.42. The molecule has 0 N–H and O–H groups in total. The Morgan fingerprint density at radius 1 is 1.32 bits per heavy atom. The molecule has 3 rings (SSSR count). The fourth-order valence-electron chi connectivity index (χ4n) is 2.88. The maximum atomic E-state index is 12.1. The van der Waals surface area contributed by atoms with Gasteiger partial charge >= 0.3 is 6.09 Å². The maximum Gasteiger partial charge on any atom is 0.410 e. The van der Waals surface area contributed by atoms with E-state index in [4.69, 9.17) is 9.57 Å². The third-order valence-corrected chi connectivity index (χ3v) is 4.65. The third-order valence-electron chi connectivity index (χ3n) is 4.19. The van der Waals surface area contributed by atoms with Crippen LogP contribution in [0, 0.1) is 5.92 Å². The van der Waals surface area contributed by atoms with Gasteiger partial charge in [0.2, 0.25) is 0 Å². The number of hydrogen-bond acceptors (Lipinski definition) is 4. The van der Waals surface area contributed by atoms with Crippen molar-refractivity contribution in [3.63, 3.8) is 0 Å². The lowest BCUT2D eigenvalue weighted by molar-refractivity contribution is 0.0112. The van der Waals surface area contributed by atoms with E-state index in [1.54, 1.807) is 4.90 Å². The van der Waals surface area contributed by atoms with E-state index >= 15 is 0 Å². The van der Waals surface area contributed by atoms with Crippen LogP contribution in [-0.4, -0.2) is 34.8 Å². The van der Waals surface area contributed by atoms with E-state index in [9.17, 15) is 4.79 Å². The van der Waals surface area contributed by atoms with E-state index in [0.717, 1.165) is 42.5 Å². The van der Waals surface area contributed by atoms with E-state index in [2.05, 4.69) is 21.1 Å². The van der Waals surface area contributed by atoms with Crippen LogP contribution in [0.2, 0.25) is 0 Å². The summed E-state index contributed by atoms with van der Waals surface area (Å²) < 4.78 is 6.25. The van der Waals surface area contributed by atoms with Gasteiger partial charge in [0, 0.05) is 25.4 Å². The second-order valence-corrected chi connectivity index (χ2v) is 6.60. The molecule has 22 heavy (non-hydrogen) atoms. The summed E-state index contributed by atoms with van der Waals surface area (Å²) in [6.07, 6.45) is 2.62. The molecule has 2 aliphatic rings. The number of halogens is 1. The van der Waals surface area contributed by atoms with Crippen LogP contribution >= 0.6 is 15.9 Å². The number of amides is 1. The normalized spacial score (nSPS) is 22.1. The Labute approximate surface area is 138 Å². The second-order valence-electron chi connectivity index (χ2n) is 5.68. The molecular weight excluding hydrogens is 348 g/mol. The summed E-state index contributed by atoms with van der Waals surface area (Å²) in [7, 11) is 0. The molecule has 0 radical (unpaired) electrons. The predicted molar refractivity (Wildman–Crippen MR) is 86.8 cm³/mol. The largest absolute Gasteiger partial charge is 0.445 e. The number of oxime groups is 1. The van der Waals surface area contributed by atoms with Crippen LogP contribution in [0.4, 0.5) is 4.79 Å². The number of benzene rings is 1. The first-order chi connectivity index (χ1) is 10.7. The van der Waals surface area contributed by atoms with Crippen molar-refractivity contribution in [1.82, 2.24) is 4.90 Å². The minimum Gasteiger partial charge on any atom is -0.445 e. The van der Waals surface area contributed by atoms with Gasteiger partial charge in [-0.2, -0.15) is 0 Å². The van der Waals surface area contributed by atoms with Gasteiger partial charge in [0.05, 0.1) is 0 Å². The van der Waals surface area contributed by atoms with Crippen molar-refractivity contribution in [2.24, 2.45) is 11.1 Å². The summed E-state index contributed by atoms with van der Waals surface area (Å²) in [6.45, 7) is 1.76. The highest BCUT2D eigenvalue weighted by Gasteiger charge is 2.33. The number of nitrogens with zero attached hydrogens (tertiary/aromatic N) is 2. The lowest BCUT2D eigenvalue weighted by Crippen LogP contribution is -2.41. The predicted octanol–water partition coefficient (Wildman–Crippen LogP) is 3.53. The quantitative estimate of drug-likeness (QED) is 0.821. The molecule has 1 atom stereocenters. The highest BCUT2D eigenvalue weighted by atomic mass is 79.9. The van der Waals surface area contributed by atoms with Crippen LogP contribution in [-0.2, 0) is 16.2 Å². The van der Waals surface area contributed by atoms with Gasteiger partial charge in [-0.15, -0.1) is 0 Å². The van der Waals surface area contributed by atoms with E-state index < -0.39 is 0 Å². The first kappa shape index (κ1) is 15.3. The summed E-state index contributed by atoms with van der Waals surface area (Å²) in [6, 6.07) is 9.74. The molecule has 6 heteroatoms. The second kappa shape index (κ2) is 7.13. The summed E-state index contributed by atoms with van der Waals surface area (Å²) in [5, 5.41) is 3.94. The zero-order valence-electron chi connectivity index (χ0n) is 12.3. The van der Waals surface area contributed by atoms with E-state index in [-0.39, 0.29) is 12.2 Å². The van der Waals surface area contributed by atoms with Crippen molar-refractivity contribution in [2.75, 3.05) is 13.1 Å². The van der Waals surface area contributed by atoms with E-state index in [1.807, 2.05) is 30.3 Å². The molecule has 0 aromatic heterocycles. The van der Waals surface area contributed by atoms with Gasteiger partial charge < -0.3 is 14.5 Å². The zero-order valence-corrected chi connectivity index (χ0v) is 13.9. The number of ether oxygens (including phenoxy) is 1. The molecule has 0 spiro atoms. The van der Waals surface area contributed by atoms with E-state index in [1.165, 1.54) is 0 Å². The SMILES string of the molecule is O=C(OCc1ccccc1)N1CCC([C@@H]2CC(Br)=NO2)CC1. The minimum absolute atomic E-state index is 0.150. The number of likely N-dealkylation sites (tertiary alicyclic amines) is 1. The highest BCUT2D eigenvalue weighted by molar-refractivity contribution is 9.18. The number of piperidine rings is 1. The Morgan fingerprint density at radius 3 is 2.68 bits per heavy atom. The fraction of sp³-hybridized carbons (Fsp3) is 0.500. The van der Waals surface area contributed by atoms with Crippen molar-refractivity contribution in [3.8, 4) is 0 Å². The molecule has 5 nitrogen and oxygen atoms in total. The van der Waals surface area contributed by atoms with Gasteiger partial charge in [0.15, 0.2) is 0 Å². The molecule has 1 aromatic rings. The summed E-state index contributed by atoms with van der Waals surface area (Å²) in [5.41, 5.74) is 1.01. The Kier molecular flexibility index (Phi) is 4.97. The smallest absolute Gasteiger partial charge is 0.410 e. The molecule has 1 fully saturated rings. The molecule has 1 aromatic carbocycles. The van der Waals surface area contributed by atoms with Gasteiger partial charge in [0.25, 0.3) is 0 Å². The molecule has 0 unspecified atom stereocenters. The number of hydrogen-bond donors (Lipinski definition) is 0. The molecule has 0 bridgehead atoms. The van der Waals surface area contributed by atoms with Gasteiger partial charge in [-0.05, 0) is 34.3 Å². The summed E-state index contributed by atoms with van der Waals surface area (Å²) >= 11 is 3.36. The van der Waals surface area contributed by atoms with Crippen LogP contribution in [0.15, 0.2) is 35.5 Å². The molecule has 2 heterocycles. The molecule has 118 valence electrons. The first-order valence-electron chi connectivity index (χ1n) is 7.56. The molecule has 0 saturated carbocycles. The van der Waals surface area contributed by atoms with Crippen LogP contribution in [0.1, 0.15) is 24.8 Å². The lowest BCUT2D eigenvalue weighted by Gasteiger charge is -2.33. The molecule has 1 saturated heterocycles. The highest BCUT2D eigenvalue weighted by Crippen LogP contribution is 2.29. The lowest BCUT2D eigenvalue weighted by atomic mass is 9.90. The van der Waals surface area contributed by atoms with Crippen molar-refractivity contribution < 1.29 is 14.4 Å². The van der Waals surface area contributed by atoms with Gasteiger partial charge in [-0.1, -0.05) is 35.5 Å². The molecular formula is C16H19BrN2O3. The Bertz CT molecular complexity index is 542. The van der Waals surface area contributed by atoms with Crippen LogP contribution in [0.5, 0.6) is 0 Å². The van der Waals surface area contributed by atoms with Gasteiger partial charge in [0.1, 0.15) is 17.3 Å². The molecule has 0 aliphatic carbocycles. The molecule has 1 amide bonds. The van der Waals surface area contributed by atoms with E-state index in [0.29, 0.717) is 12.5 Å². The molecule has 2 aliphatic heterocycles. The number of carbonyl (C=O) groups excluding carboxylic acids is 1. The maximum absolute atomic E-state index is 12.1. The summed E-state index contributed by atoms with van der Waals surface area (Å²) in [5.74, 6) is 0.456. The van der Waals surface area contributed by atoms with Crippen LogP contribution in [0.25, 0.3) is 0 Å². The Morgan fingerprint density at radius 2 is 2.05 bits per heavy atom. The van der Waals surface area contributed by atoms with Crippen molar-refractivity contribution in [2.45, 2.75) is 32.0 Å². The fourth-order valence-corrected chi connectivity index (χ4v) is 3.29. The zero-order chi connectivity index (χ0) is 15.4. The van der Waals surface area contributed by atoms with Crippen molar-refractivity contribution in [1.29, 1.82) is 0 Å². The Hall–Kier alpha value is -1.56.